The van der Waals surface area contributed by atoms with Crippen molar-refractivity contribution in [2.24, 2.45) is 0 Å². The molecule has 0 radical (unpaired) electrons. The molecule has 1 unspecified atom stereocenters. The van der Waals surface area contributed by atoms with Crippen molar-refractivity contribution in [1.82, 2.24) is 19.7 Å². The molecule has 1 aliphatic rings. The van der Waals surface area contributed by atoms with E-state index in [1.165, 1.54) is 12.8 Å². The molecule has 2 aromatic rings. The zero-order chi connectivity index (χ0) is 11.0. The van der Waals surface area contributed by atoms with Gasteiger partial charge in [-0.25, -0.2) is 9.97 Å². The molecule has 0 bridgehead atoms. The maximum atomic E-state index is 5.89. The number of rotatable bonds is 1. The monoisotopic (exact) mass is 236 g/mol. The first kappa shape index (κ1) is 10.1. The number of fused-ring (bicyclic) bond motifs is 1. The highest BCUT2D eigenvalue weighted by Gasteiger charge is 2.18. The van der Waals surface area contributed by atoms with Crippen molar-refractivity contribution >= 4 is 17.4 Å². The lowest BCUT2D eigenvalue weighted by molar-refractivity contribution is 0.456. The van der Waals surface area contributed by atoms with Gasteiger partial charge in [-0.1, -0.05) is 11.6 Å². The molecule has 1 atom stereocenters. The smallest absolute Gasteiger partial charge is 0.234 e. The van der Waals surface area contributed by atoms with Crippen LogP contribution in [0.25, 0.3) is 5.78 Å². The van der Waals surface area contributed by atoms with E-state index in [0.29, 0.717) is 10.9 Å². The molecule has 1 N–H and O–H groups in total. The molecule has 84 valence electrons. The minimum Gasteiger partial charge on any atom is -0.316 e. The maximum Gasteiger partial charge on any atom is 0.234 e. The fraction of sp³-hybridized carbons (Fsp3) is 0.455. The van der Waals surface area contributed by atoms with E-state index in [2.05, 4.69) is 15.3 Å². The number of halogens is 1. The average molecular weight is 237 g/mol. The van der Waals surface area contributed by atoms with Crippen molar-refractivity contribution in [1.29, 1.82) is 0 Å². The molecule has 16 heavy (non-hydrogen) atoms. The largest absolute Gasteiger partial charge is 0.316 e. The lowest BCUT2D eigenvalue weighted by Gasteiger charge is -2.20. The van der Waals surface area contributed by atoms with Gasteiger partial charge in [0.2, 0.25) is 5.78 Å². The summed E-state index contributed by atoms with van der Waals surface area (Å²) in [6.45, 7) is 2.13. The van der Waals surface area contributed by atoms with Gasteiger partial charge in [-0.15, -0.1) is 0 Å². The first-order valence-corrected chi connectivity index (χ1v) is 5.91. The third-order valence-corrected chi connectivity index (χ3v) is 3.21. The topological polar surface area (TPSA) is 42.2 Å². The molecule has 1 fully saturated rings. The standard InChI is InChI=1S/C11H13ClN4/c12-9-5-14-11-15-10(7-16(11)6-9)8-2-1-3-13-4-8/h5-8,13H,1-4H2. The highest BCUT2D eigenvalue weighted by atomic mass is 35.5. The van der Waals surface area contributed by atoms with Gasteiger partial charge >= 0.3 is 0 Å². The summed E-state index contributed by atoms with van der Waals surface area (Å²) in [4.78, 5) is 8.73. The molecule has 0 spiro atoms. The van der Waals surface area contributed by atoms with Crippen LogP contribution in [0.1, 0.15) is 24.5 Å². The Balaban J connectivity index is 1.97. The number of piperidine rings is 1. The Bertz CT molecular complexity index is 502. The van der Waals surface area contributed by atoms with E-state index in [1.807, 2.05) is 16.8 Å². The van der Waals surface area contributed by atoms with E-state index in [9.17, 15) is 0 Å². The van der Waals surface area contributed by atoms with Crippen molar-refractivity contribution in [3.8, 4) is 0 Å². The van der Waals surface area contributed by atoms with Crippen LogP contribution in [0.4, 0.5) is 0 Å². The molecule has 3 heterocycles. The van der Waals surface area contributed by atoms with Gasteiger partial charge in [0.1, 0.15) is 0 Å². The zero-order valence-corrected chi connectivity index (χ0v) is 9.61. The van der Waals surface area contributed by atoms with Crippen LogP contribution in [-0.2, 0) is 0 Å². The van der Waals surface area contributed by atoms with Gasteiger partial charge < -0.3 is 5.32 Å². The third kappa shape index (κ3) is 1.79. The molecule has 3 rings (SSSR count). The molecule has 4 nitrogen and oxygen atoms in total. The van der Waals surface area contributed by atoms with Crippen LogP contribution < -0.4 is 5.32 Å². The Morgan fingerprint density at radius 2 is 2.38 bits per heavy atom. The van der Waals surface area contributed by atoms with Crippen molar-refractivity contribution in [3.63, 3.8) is 0 Å². The Morgan fingerprint density at radius 3 is 3.19 bits per heavy atom. The van der Waals surface area contributed by atoms with Gasteiger partial charge in [0.05, 0.1) is 16.9 Å². The van der Waals surface area contributed by atoms with E-state index < -0.39 is 0 Å². The molecule has 0 amide bonds. The van der Waals surface area contributed by atoms with Crippen LogP contribution in [0.3, 0.4) is 0 Å². The predicted octanol–water partition coefficient (Wildman–Crippen LogP) is 1.85. The van der Waals surface area contributed by atoms with Crippen LogP contribution in [-0.4, -0.2) is 27.5 Å². The van der Waals surface area contributed by atoms with E-state index >= 15 is 0 Å². The van der Waals surface area contributed by atoms with E-state index in [1.54, 1.807) is 6.20 Å². The van der Waals surface area contributed by atoms with Crippen molar-refractivity contribution in [3.05, 3.63) is 29.3 Å². The summed E-state index contributed by atoms with van der Waals surface area (Å²) in [6.07, 6.45) is 7.92. The number of imidazole rings is 1. The highest BCUT2D eigenvalue weighted by molar-refractivity contribution is 6.30. The van der Waals surface area contributed by atoms with Crippen LogP contribution in [0.2, 0.25) is 5.02 Å². The van der Waals surface area contributed by atoms with Gasteiger partial charge in [-0.2, -0.15) is 0 Å². The van der Waals surface area contributed by atoms with Gasteiger partial charge in [0.25, 0.3) is 0 Å². The normalized spacial score (nSPS) is 21.4. The Labute approximate surface area is 98.7 Å². The molecule has 0 saturated carbocycles. The summed E-state index contributed by atoms with van der Waals surface area (Å²) in [6, 6.07) is 0. The minimum atomic E-state index is 0.509. The second-order valence-corrected chi connectivity index (χ2v) is 4.62. The number of aromatic nitrogens is 3. The Morgan fingerprint density at radius 1 is 1.44 bits per heavy atom. The minimum absolute atomic E-state index is 0.509. The Kier molecular flexibility index (Phi) is 2.53. The molecule has 1 saturated heterocycles. The lowest BCUT2D eigenvalue weighted by Crippen LogP contribution is -2.28. The summed E-state index contributed by atoms with van der Waals surface area (Å²) in [7, 11) is 0. The van der Waals surface area contributed by atoms with Crippen LogP contribution in [0.5, 0.6) is 0 Å². The lowest BCUT2D eigenvalue weighted by atomic mass is 9.97. The predicted molar refractivity (Wildman–Crippen MR) is 62.8 cm³/mol. The number of hydrogen-bond donors (Lipinski definition) is 1. The van der Waals surface area contributed by atoms with Crippen molar-refractivity contribution in [2.75, 3.05) is 13.1 Å². The summed E-state index contributed by atoms with van der Waals surface area (Å²) in [5.41, 5.74) is 1.11. The van der Waals surface area contributed by atoms with Crippen molar-refractivity contribution < 1.29 is 0 Å². The fourth-order valence-electron chi connectivity index (χ4n) is 2.18. The Hall–Kier alpha value is -1.13. The average Bonchev–Trinajstić information content (AvgIpc) is 2.73. The molecule has 5 heteroatoms. The quantitative estimate of drug-likeness (QED) is 0.822. The highest BCUT2D eigenvalue weighted by Crippen LogP contribution is 2.22. The molecular formula is C11H13ClN4. The summed E-state index contributed by atoms with van der Waals surface area (Å²) >= 11 is 5.89. The molecule has 0 aromatic carbocycles. The molecule has 0 aliphatic carbocycles. The first-order chi connectivity index (χ1) is 7.83. The van der Waals surface area contributed by atoms with E-state index in [0.717, 1.165) is 24.6 Å². The molecular weight excluding hydrogens is 224 g/mol. The first-order valence-electron chi connectivity index (χ1n) is 5.54. The van der Waals surface area contributed by atoms with E-state index in [4.69, 9.17) is 11.6 Å². The second kappa shape index (κ2) is 4.03. The number of nitrogens with one attached hydrogen (secondary N) is 1. The zero-order valence-electron chi connectivity index (χ0n) is 8.86. The van der Waals surface area contributed by atoms with E-state index in [-0.39, 0.29) is 0 Å². The fourth-order valence-corrected chi connectivity index (χ4v) is 2.33. The SMILES string of the molecule is Clc1cnc2nc(C3CCCNC3)cn2c1. The van der Waals surface area contributed by atoms with Gasteiger partial charge in [-0.05, 0) is 19.4 Å². The van der Waals surface area contributed by atoms with Gasteiger partial charge in [0, 0.05) is 24.9 Å². The number of nitrogens with zero attached hydrogens (tertiary/aromatic N) is 3. The summed E-state index contributed by atoms with van der Waals surface area (Å²) in [5.74, 6) is 1.24. The second-order valence-electron chi connectivity index (χ2n) is 4.19. The summed E-state index contributed by atoms with van der Waals surface area (Å²) in [5, 5.41) is 4.03. The van der Waals surface area contributed by atoms with Crippen molar-refractivity contribution in [2.45, 2.75) is 18.8 Å². The maximum absolute atomic E-state index is 5.89. The van der Waals surface area contributed by atoms with Crippen LogP contribution >= 0.6 is 11.6 Å². The third-order valence-electron chi connectivity index (χ3n) is 3.01. The van der Waals surface area contributed by atoms with Gasteiger partial charge in [-0.3, -0.25) is 4.40 Å². The number of hydrogen-bond acceptors (Lipinski definition) is 3. The summed E-state index contributed by atoms with van der Waals surface area (Å²) < 4.78 is 1.90. The molecule has 2 aromatic heterocycles. The van der Waals surface area contributed by atoms with Gasteiger partial charge in [0.15, 0.2) is 0 Å². The van der Waals surface area contributed by atoms with Crippen LogP contribution in [0, 0.1) is 0 Å². The molecule has 1 aliphatic heterocycles. The van der Waals surface area contributed by atoms with Crippen LogP contribution in [0.15, 0.2) is 18.6 Å².